The van der Waals surface area contributed by atoms with Crippen LogP contribution in [-0.4, -0.2) is 31.2 Å². The molecule has 0 fully saturated rings. The summed E-state index contributed by atoms with van der Waals surface area (Å²) in [6.07, 6.45) is 1.52. The predicted octanol–water partition coefficient (Wildman–Crippen LogP) is 2.04. The lowest BCUT2D eigenvalue weighted by atomic mass is 10.2. The Morgan fingerprint density at radius 2 is 2.00 bits per heavy atom. The molecule has 0 saturated carbocycles. The number of hydrogen-bond donors (Lipinski definition) is 1. The van der Waals surface area contributed by atoms with Crippen molar-refractivity contribution < 1.29 is 14.3 Å². The maximum Gasteiger partial charge on any atom is 0.339 e. The monoisotopic (exact) mass is 286 g/mol. The van der Waals surface area contributed by atoms with Crippen LogP contribution in [0.5, 0.6) is 5.75 Å². The number of nitrogens with zero attached hydrogens (tertiary/aromatic N) is 1. The molecule has 1 aromatic heterocycles. The molecule has 1 N–H and O–H groups in total. The number of methoxy groups -OCH3 is 1. The van der Waals surface area contributed by atoms with E-state index in [4.69, 9.17) is 4.74 Å². The molecule has 110 valence electrons. The number of carbonyl (C=O) groups is 1. The third-order valence-electron chi connectivity index (χ3n) is 2.84. The Hall–Kier alpha value is -2.40. The SMILES string of the molecule is COC(=O)c1ccc(CNCCOc2ccccc2)nc1. The van der Waals surface area contributed by atoms with E-state index in [0.29, 0.717) is 18.7 Å². The third-order valence-corrected chi connectivity index (χ3v) is 2.84. The van der Waals surface area contributed by atoms with Gasteiger partial charge >= 0.3 is 5.97 Å². The lowest BCUT2D eigenvalue weighted by molar-refractivity contribution is 0.0600. The number of ether oxygens (including phenoxy) is 2. The summed E-state index contributed by atoms with van der Waals surface area (Å²) in [5.41, 5.74) is 1.32. The molecule has 0 atom stereocenters. The van der Waals surface area contributed by atoms with Crippen LogP contribution in [0.25, 0.3) is 0 Å². The Labute approximate surface area is 123 Å². The first-order valence-electron chi connectivity index (χ1n) is 6.71. The molecule has 0 aliphatic heterocycles. The van der Waals surface area contributed by atoms with E-state index in [1.807, 2.05) is 30.3 Å². The Morgan fingerprint density at radius 1 is 1.19 bits per heavy atom. The van der Waals surface area contributed by atoms with Gasteiger partial charge in [-0.25, -0.2) is 4.79 Å². The van der Waals surface area contributed by atoms with Crippen molar-refractivity contribution in [3.63, 3.8) is 0 Å². The van der Waals surface area contributed by atoms with E-state index in [1.165, 1.54) is 13.3 Å². The van der Waals surface area contributed by atoms with Gasteiger partial charge in [0.1, 0.15) is 12.4 Å². The number of para-hydroxylation sites is 1. The van der Waals surface area contributed by atoms with E-state index >= 15 is 0 Å². The van der Waals surface area contributed by atoms with Crippen molar-refractivity contribution in [2.45, 2.75) is 6.54 Å². The van der Waals surface area contributed by atoms with Gasteiger partial charge in [-0.2, -0.15) is 0 Å². The molecule has 2 rings (SSSR count). The molecule has 0 unspecified atom stereocenters. The van der Waals surface area contributed by atoms with Crippen molar-refractivity contribution in [3.05, 3.63) is 59.9 Å². The Kier molecular flexibility index (Phi) is 5.72. The van der Waals surface area contributed by atoms with Crippen LogP contribution in [0.2, 0.25) is 0 Å². The minimum absolute atomic E-state index is 0.377. The third kappa shape index (κ3) is 4.89. The zero-order valence-electron chi connectivity index (χ0n) is 11.9. The van der Waals surface area contributed by atoms with E-state index in [0.717, 1.165) is 18.0 Å². The maximum absolute atomic E-state index is 11.3. The van der Waals surface area contributed by atoms with Gasteiger partial charge in [0.2, 0.25) is 0 Å². The molecule has 0 bridgehead atoms. The second-order valence-corrected chi connectivity index (χ2v) is 4.37. The van der Waals surface area contributed by atoms with E-state index in [2.05, 4.69) is 15.0 Å². The summed E-state index contributed by atoms with van der Waals surface area (Å²) in [4.78, 5) is 15.5. The van der Waals surface area contributed by atoms with Gasteiger partial charge in [-0.15, -0.1) is 0 Å². The number of aromatic nitrogens is 1. The highest BCUT2D eigenvalue weighted by Crippen LogP contribution is 2.07. The van der Waals surface area contributed by atoms with Gasteiger partial charge in [0.25, 0.3) is 0 Å². The van der Waals surface area contributed by atoms with Crippen molar-refractivity contribution in [3.8, 4) is 5.75 Å². The first kappa shape index (κ1) is 15.0. The molecule has 0 amide bonds. The summed E-state index contributed by atoms with van der Waals surface area (Å²) in [6, 6.07) is 13.2. The molecule has 5 nitrogen and oxygen atoms in total. The summed E-state index contributed by atoms with van der Waals surface area (Å²) in [5, 5.41) is 3.23. The van der Waals surface area contributed by atoms with Crippen LogP contribution in [0.4, 0.5) is 0 Å². The summed E-state index contributed by atoms with van der Waals surface area (Å²) in [7, 11) is 1.35. The number of nitrogens with one attached hydrogen (secondary N) is 1. The number of benzene rings is 1. The van der Waals surface area contributed by atoms with Crippen LogP contribution in [-0.2, 0) is 11.3 Å². The van der Waals surface area contributed by atoms with Gasteiger partial charge in [0.15, 0.2) is 0 Å². The molecule has 0 aliphatic rings. The largest absolute Gasteiger partial charge is 0.492 e. The Balaban J connectivity index is 1.68. The number of hydrogen-bond acceptors (Lipinski definition) is 5. The molecular weight excluding hydrogens is 268 g/mol. The molecule has 21 heavy (non-hydrogen) atoms. The molecule has 0 spiro atoms. The molecule has 1 aromatic carbocycles. The number of carbonyl (C=O) groups excluding carboxylic acids is 1. The fourth-order valence-electron chi connectivity index (χ4n) is 1.74. The van der Waals surface area contributed by atoms with Gasteiger partial charge < -0.3 is 14.8 Å². The second kappa shape index (κ2) is 8.01. The number of rotatable bonds is 7. The summed E-state index contributed by atoms with van der Waals surface area (Å²) < 4.78 is 10.2. The van der Waals surface area contributed by atoms with Crippen LogP contribution in [0, 0.1) is 0 Å². The first-order valence-corrected chi connectivity index (χ1v) is 6.71. The van der Waals surface area contributed by atoms with Crippen molar-refractivity contribution in [2.24, 2.45) is 0 Å². The summed E-state index contributed by atoms with van der Waals surface area (Å²) in [6.45, 7) is 1.93. The second-order valence-electron chi connectivity index (χ2n) is 4.37. The van der Waals surface area contributed by atoms with Crippen molar-refractivity contribution in [1.29, 1.82) is 0 Å². The van der Waals surface area contributed by atoms with Crippen molar-refractivity contribution in [1.82, 2.24) is 10.3 Å². The summed E-state index contributed by atoms with van der Waals surface area (Å²) >= 11 is 0. The van der Waals surface area contributed by atoms with Crippen LogP contribution in [0.15, 0.2) is 48.7 Å². The van der Waals surface area contributed by atoms with E-state index in [-0.39, 0.29) is 5.97 Å². The predicted molar refractivity (Wildman–Crippen MR) is 79.2 cm³/mol. The molecule has 1 heterocycles. The van der Waals surface area contributed by atoms with Crippen LogP contribution >= 0.6 is 0 Å². The normalized spacial score (nSPS) is 10.1. The topological polar surface area (TPSA) is 60.5 Å². The van der Waals surface area contributed by atoms with Crippen LogP contribution in [0.1, 0.15) is 16.1 Å². The van der Waals surface area contributed by atoms with Crippen LogP contribution < -0.4 is 10.1 Å². The zero-order valence-corrected chi connectivity index (χ0v) is 11.9. The first-order chi connectivity index (χ1) is 10.3. The van der Waals surface area contributed by atoms with E-state index in [9.17, 15) is 4.79 Å². The molecular formula is C16H18N2O3. The average molecular weight is 286 g/mol. The lowest BCUT2D eigenvalue weighted by Gasteiger charge is -2.07. The number of esters is 1. The fourth-order valence-corrected chi connectivity index (χ4v) is 1.74. The Bertz CT molecular complexity index is 555. The van der Waals surface area contributed by atoms with Gasteiger partial charge in [0.05, 0.1) is 18.4 Å². The fraction of sp³-hybridized carbons (Fsp3) is 0.250. The highest BCUT2D eigenvalue weighted by molar-refractivity contribution is 5.88. The zero-order chi connectivity index (χ0) is 14.9. The molecule has 0 radical (unpaired) electrons. The van der Waals surface area contributed by atoms with Gasteiger partial charge in [-0.05, 0) is 24.3 Å². The van der Waals surface area contributed by atoms with Crippen LogP contribution in [0.3, 0.4) is 0 Å². The standard InChI is InChI=1S/C16H18N2O3/c1-20-16(19)13-7-8-14(18-11-13)12-17-9-10-21-15-5-3-2-4-6-15/h2-8,11,17H,9-10,12H2,1H3. The minimum atomic E-state index is -0.377. The van der Waals surface area contributed by atoms with E-state index in [1.54, 1.807) is 12.1 Å². The van der Waals surface area contributed by atoms with E-state index < -0.39 is 0 Å². The smallest absolute Gasteiger partial charge is 0.339 e. The maximum atomic E-state index is 11.3. The molecule has 0 saturated heterocycles. The van der Waals surface area contributed by atoms with Gasteiger partial charge in [0, 0.05) is 19.3 Å². The van der Waals surface area contributed by atoms with Gasteiger partial charge in [-0.3, -0.25) is 4.98 Å². The molecule has 5 heteroatoms. The van der Waals surface area contributed by atoms with Crippen molar-refractivity contribution in [2.75, 3.05) is 20.3 Å². The highest BCUT2D eigenvalue weighted by atomic mass is 16.5. The lowest BCUT2D eigenvalue weighted by Crippen LogP contribution is -2.21. The Morgan fingerprint density at radius 3 is 2.67 bits per heavy atom. The van der Waals surface area contributed by atoms with Crippen molar-refractivity contribution >= 4 is 5.97 Å². The summed E-state index contributed by atoms with van der Waals surface area (Å²) in [5.74, 6) is 0.484. The molecule has 0 aliphatic carbocycles. The quantitative estimate of drug-likeness (QED) is 0.623. The minimum Gasteiger partial charge on any atom is -0.492 e. The average Bonchev–Trinajstić information content (AvgIpc) is 2.55. The highest BCUT2D eigenvalue weighted by Gasteiger charge is 2.04. The van der Waals surface area contributed by atoms with Gasteiger partial charge in [-0.1, -0.05) is 18.2 Å². The molecule has 2 aromatic rings. The number of pyridine rings is 1.